The average molecular weight is 261 g/mol. The van der Waals surface area contributed by atoms with Gasteiger partial charge in [0, 0.05) is 25.2 Å². The molecule has 1 saturated heterocycles. The van der Waals surface area contributed by atoms with Crippen LogP contribution >= 0.6 is 0 Å². The van der Waals surface area contributed by atoms with E-state index in [1.54, 1.807) is 0 Å². The number of carbonyl (C=O) groups excluding carboxylic acids is 1. The van der Waals surface area contributed by atoms with Crippen LogP contribution in [0.15, 0.2) is 18.3 Å². The Balaban J connectivity index is 2.34. The van der Waals surface area contributed by atoms with E-state index in [1.165, 1.54) is 0 Å². The molecule has 1 aliphatic heterocycles. The fourth-order valence-corrected chi connectivity index (χ4v) is 2.71. The topological polar surface area (TPSA) is 59.2 Å². The maximum absolute atomic E-state index is 12.2. The van der Waals surface area contributed by atoms with Gasteiger partial charge in [0.15, 0.2) is 0 Å². The quantitative estimate of drug-likeness (QED) is 0.907. The minimum absolute atomic E-state index is 0.0202. The first-order valence-electron chi connectivity index (χ1n) is 7.11. The molecule has 2 rings (SSSR count). The second kappa shape index (κ2) is 6.15. The Labute approximate surface area is 115 Å². The molecule has 2 N–H and O–H groups in total. The molecule has 1 aliphatic rings. The molecule has 1 aromatic rings. The molecule has 19 heavy (non-hydrogen) atoms. The van der Waals surface area contributed by atoms with Crippen LogP contribution in [-0.4, -0.2) is 28.4 Å². The maximum atomic E-state index is 12.2. The average Bonchev–Trinajstić information content (AvgIpc) is 2.52. The van der Waals surface area contributed by atoms with Gasteiger partial charge in [-0.1, -0.05) is 13.0 Å². The highest BCUT2D eigenvalue weighted by Gasteiger charge is 2.32. The van der Waals surface area contributed by atoms with E-state index in [0.29, 0.717) is 6.42 Å². The number of amides is 1. The second-order valence-corrected chi connectivity index (χ2v) is 5.35. The van der Waals surface area contributed by atoms with Gasteiger partial charge in [0.25, 0.3) is 0 Å². The SMILES string of the molecule is CCCN1C(=O)CCCC(N)C1c1ccc(C)cn1. The van der Waals surface area contributed by atoms with E-state index in [9.17, 15) is 4.79 Å². The molecule has 2 heterocycles. The largest absolute Gasteiger partial charge is 0.333 e. The lowest BCUT2D eigenvalue weighted by molar-refractivity contribution is -0.133. The first-order chi connectivity index (χ1) is 9.13. The summed E-state index contributed by atoms with van der Waals surface area (Å²) in [6.07, 6.45) is 5.16. The van der Waals surface area contributed by atoms with E-state index >= 15 is 0 Å². The van der Waals surface area contributed by atoms with Crippen molar-refractivity contribution in [3.8, 4) is 0 Å². The standard InChI is InChI=1S/C15H23N3O/c1-3-9-18-14(19)6-4-5-12(16)15(18)13-8-7-11(2)10-17-13/h7-8,10,12,15H,3-6,9,16H2,1-2H3. The first kappa shape index (κ1) is 14.0. The molecule has 0 aliphatic carbocycles. The third-order valence-electron chi connectivity index (χ3n) is 3.69. The number of likely N-dealkylation sites (tertiary alicyclic amines) is 1. The summed E-state index contributed by atoms with van der Waals surface area (Å²) >= 11 is 0. The Kier molecular flexibility index (Phi) is 4.53. The molecule has 0 spiro atoms. The summed E-state index contributed by atoms with van der Waals surface area (Å²) in [5, 5.41) is 0. The van der Waals surface area contributed by atoms with E-state index in [0.717, 1.165) is 37.1 Å². The van der Waals surface area contributed by atoms with Crippen LogP contribution in [0.3, 0.4) is 0 Å². The van der Waals surface area contributed by atoms with Gasteiger partial charge < -0.3 is 10.6 Å². The van der Waals surface area contributed by atoms with Gasteiger partial charge in [0.1, 0.15) is 0 Å². The van der Waals surface area contributed by atoms with Gasteiger partial charge in [-0.15, -0.1) is 0 Å². The zero-order valence-corrected chi connectivity index (χ0v) is 11.8. The van der Waals surface area contributed by atoms with Crippen LogP contribution in [0.1, 0.15) is 49.9 Å². The van der Waals surface area contributed by atoms with Gasteiger partial charge in [0.05, 0.1) is 11.7 Å². The van der Waals surface area contributed by atoms with Gasteiger partial charge in [-0.25, -0.2) is 0 Å². The molecule has 0 radical (unpaired) electrons. The lowest BCUT2D eigenvalue weighted by Gasteiger charge is -2.33. The Hall–Kier alpha value is -1.42. The minimum Gasteiger partial charge on any atom is -0.333 e. The monoisotopic (exact) mass is 261 g/mol. The molecular formula is C15H23N3O. The number of aryl methyl sites for hydroxylation is 1. The summed E-state index contributed by atoms with van der Waals surface area (Å²) in [6.45, 7) is 4.86. The molecule has 1 fully saturated rings. The van der Waals surface area contributed by atoms with E-state index in [4.69, 9.17) is 5.73 Å². The molecule has 0 saturated carbocycles. The Bertz CT molecular complexity index is 430. The number of rotatable bonds is 3. The smallest absolute Gasteiger partial charge is 0.223 e. The summed E-state index contributed by atoms with van der Waals surface area (Å²) in [6, 6.07) is 3.94. The van der Waals surface area contributed by atoms with E-state index in [2.05, 4.69) is 11.9 Å². The van der Waals surface area contributed by atoms with E-state index < -0.39 is 0 Å². The number of carbonyl (C=O) groups is 1. The van der Waals surface area contributed by atoms with Gasteiger partial charge in [-0.3, -0.25) is 9.78 Å². The molecule has 2 atom stereocenters. The number of hydrogen-bond donors (Lipinski definition) is 1. The third kappa shape index (κ3) is 3.13. The van der Waals surface area contributed by atoms with Crippen LogP contribution in [0.2, 0.25) is 0 Å². The van der Waals surface area contributed by atoms with Crippen LogP contribution in [0.4, 0.5) is 0 Å². The summed E-state index contributed by atoms with van der Waals surface area (Å²) in [4.78, 5) is 18.7. The van der Waals surface area contributed by atoms with Crippen molar-refractivity contribution in [1.29, 1.82) is 0 Å². The normalized spacial score (nSPS) is 24.4. The molecule has 1 aromatic heterocycles. The molecule has 4 heteroatoms. The molecule has 104 valence electrons. The van der Waals surface area contributed by atoms with Crippen molar-refractivity contribution >= 4 is 5.91 Å². The molecule has 4 nitrogen and oxygen atoms in total. The van der Waals surface area contributed by atoms with Crippen LogP contribution in [0, 0.1) is 6.92 Å². The fourth-order valence-electron chi connectivity index (χ4n) is 2.71. The summed E-state index contributed by atoms with van der Waals surface area (Å²) in [5.41, 5.74) is 8.34. The van der Waals surface area contributed by atoms with Crippen molar-refractivity contribution in [2.24, 2.45) is 5.73 Å². The number of aromatic nitrogens is 1. The summed E-state index contributed by atoms with van der Waals surface area (Å²) < 4.78 is 0. The lowest BCUT2D eigenvalue weighted by Crippen LogP contribution is -2.43. The minimum atomic E-state index is -0.0736. The number of hydrogen-bond acceptors (Lipinski definition) is 3. The van der Waals surface area contributed by atoms with Crippen molar-refractivity contribution in [3.63, 3.8) is 0 Å². The van der Waals surface area contributed by atoms with E-state index in [1.807, 2.05) is 30.2 Å². The highest BCUT2D eigenvalue weighted by atomic mass is 16.2. The number of nitrogens with two attached hydrogens (primary N) is 1. The van der Waals surface area contributed by atoms with Crippen molar-refractivity contribution in [3.05, 3.63) is 29.6 Å². The molecular weight excluding hydrogens is 238 g/mol. The van der Waals surface area contributed by atoms with Crippen LogP contribution in [0.25, 0.3) is 0 Å². The number of nitrogens with zero attached hydrogens (tertiary/aromatic N) is 2. The third-order valence-corrected chi connectivity index (χ3v) is 3.69. The van der Waals surface area contributed by atoms with Crippen molar-refractivity contribution in [2.75, 3.05) is 6.54 Å². The van der Waals surface area contributed by atoms with Crippen LogP contribution in [-0.2, 0) is 4.79 Å². The fraction of sp³-hybridized carbons (Fsp3) is 0.600. The first-order valence-corrected chi connectivity index (χ1v) is 7.11. The Morgan fingerprint density at radius 3 is 2.89 bits per heavy atom. The summed E-state index contributed by atoms with van der Waals surface area (Å²) in [7, 11) is 0. The predicted octanol–water partition coefficient (Wildman–Crippen LogP) is 2.18. The van der Waals surface area contributed by atoms with Crippen LogP contribution < -0.4 is 5.73 Å². The maximum Gasteiger partial charge on any atom is 0.223 e. The molecule has 1 amide bonds. The van der Waals surface area contributed by atoms with Crippen LogP contribution in [0.5, 0.6) is 0 Å². The summed E-state index contributed by atoms with van der Waals surface area (Å²) in [5.74, 6) is 0.210. The zero-order valence-electron chi connectivity index (χ0n) is 11.8. The van der Waals surface area contributed by atoms with Gasteiger partial charge in [0.2, 0.25) is 5.91 Å². The van der Waals surface area contributed by atoms with Gasteiger partial charge in [-0.05, 0) is 37.8 Å². The predicted molar refractivity (Wildman–Crippen MR) is 75.5 cm³/mol. The molecule has 2 unspecified atom stereocenters. The van der Waals surface area contributed by atoms with E-state index in [-0.39, 0.29) is 18.0 Å². The number of pyridine rings is 1. The van der Waals surface area contributed by atoms with Crippen molar-refractivity contribution in [2.45, 2.75) is 51.6 Å². The van der Waals surface area contributed by atoms with Gasteiger partial charge in [-0.2, -0.15) is 0 Å². The van der Waals surface area contributed by atoms with Gasteiger partial charge >= 0.3 is 0 Å². The van der Waals surface area contributed by atoms with Crippen molar-refractivity contribution in [1.82, 2.24) is 9.88 Å². The lowest BCUT2D eigenvalue weighted by atomic mass is 10.00. The highest BCUT2D eigenvalue weighted by molar-refractivity contribution is 5.77. The second-order valence-electron chi connectivity index (χ2n) is 5.35. The molecule has 0 bridgehead atoms. The Morgan fingerprint density at radius 1 is 1.47 bits per heavy atom. The Morgan fingerprint density at radius 2 is 2.26 bits per heavy atom. The molecule has 0 aromatic carbocycles. The van der Waals surface area contributed by atoms with Crippen molar-refractivity contribution < 1.29 is 4.79 Å². The highest BCUT2D eigenvalue weighted by Crippen LogP contribution is 2.29. The zero-order chi connectivity index (χ0) is 13.8.